The lowest BCUT2D eigenvalue weighted by molar-refractivity contribution is -0.384. The van der Waals surface area contributed by atoms with E-state index in [0.717, 1.165) is 15.3 Å². The first-order valence-electron chi connectivity index (χ1n) is 7.86. The number of aromatic nitrogens is 1. The number of nitro benzene ring substituents is 1. The van der Waals surface area contributed by atoms with Crippen LogP contribution in [-0.4, -0.2) is 28.9 Å². The summed E-state index contributed by atoms with van der Waals surface area (Å²) < 4.78 is 1.11. The molecule has 0 saturated heterocycles. The molecule has 3 aromatic rings. The van der Waals surface area contributed by atoms with Crippen molar-refractivity contribution in [3.63, 3.8) is 0 Å². The van der Waals surface area contributed by atoms with Gasteiger partial charge in [0.25, 0.3) is 11.6 Å². The molecule has 0 unspecified atom stereocenters. The zero-order valence-corrected chi connectivity index (χ0v) is 15.1. The maximum absolute atomic E-state index is 12.1. The van der Waals surface area contributed by atoms with Gasteiger partial charge in [-0.2, -0.15) is 0 Å². The minimum absolute atomic E-state index is 0.0972. The number of nitro groups is 1. The van der Waals surface area contributed by atoms with Crippen LogP contribution in [0.15, 0.2) is 42.5 Å². The number of hydrogen-bond acceptors (Lipinski definition) is 6. The SMILES string of the molecule is O=C(NCCCNc1nc2ccccc2s1)c1cc([N+](=O)[O-])ccc1Cl. The molecule has 0 fully saturated rings. The Morgan fingerprint density at radius 2 is 2.04 bits per heavy atom. The predicted octanol–water partition coefficient (Wildman–Crippen LogP) is 4.09. The quantitative estimate of drug-likeness (QED) is 0.359. The van der Waals surface area contributed by atoms with E-state index in [2.05, 4.69) is 15.6 Å². The van der Waals surface area contributed by atoms with Crippen molar-refractivity contribution in [2.24, 2.45) is 0 Å². The van der Waals surface area contributed by atoms with Crippen LogP contribution in [0, 0.1) is 10.1 Å². The van der Waals surface area contributed by atoms with Gasteiger partial charge in [-0.3, -0.25) is 14.9 Å². The maximum Gasteiger partial charge on any atom is 0.270 e. The molecule has 0 bridgehead atoms. The summed E-state index contributed by atoms with van der Waals surface area (Å²) in [6.45, 7) is 1.05. The van der Waals surface area contributed by atoms with Gasteiger partial charge in [-0.1, -0.05) is 35.1 Å². The second-order valence-corrected chi connectivity index (χ2v) is 6.88. The summed E-state index contributed by atoms with van der Waals surface area (Å²) in [5, 5.41) is 17.8. The van der Waals surface area contributed by atoms with E-state index in [1.165, 1.54) is 18.2 Å². The Morgan fingerprint density at radius 1 is 1.23 bits per heavy atom. The van der Waals surface area contributed by atoms with Crippen LogP contribution in [0.1, 0.15) is 16.8 Å². The van der Waals surface area contributed by atoms with Gasteiger partial charge in [0.05, 0.1) is 25.7 Å². The Kier molecular flexibility index (Phi) is 5.65. The van der Waals surface area contributed by atoms with Crippen LogP contribution in [0.3, 0.4) is 0 Å². The number of non-ortho nitro benzene ring substituents is 1. The summed E-state index contributed by atoms with van der Waals surface area (Å²) in [6.07, 6.45) is 0.675. The summed E-state index contributed by atoms with van der Waals surface area (Å²) in [7, 11) is 0. The zero-order chi connectivity index (χ0) is 18.5. The number of hydrogen-bond donors (Lipinski definition) is 2. The molecule has 26 heavy (non-hydrogen) atoms. The molecule has 1 amide bonds. The van der Waals surface area contributed by atoms with Crippen molar-refractivity contribution in [2.45, 2.75) is 6.42 Å². The van der Waals surface area contributed by atoms with Crippen LogP contribution < -0.4 is 10.6 Å². The zero-order valence-electron chi connectivity index (χ0n) is 13.6. The van der Waals surface area contributed by atoms with E-state index in [9.17, 15) is 14.9 Å². The fraction of sp³-hybridized carbons (Fsp3) is 0.176. The van der Waals surface area contributed by atoms with Crippen LogP contribution >= 0.6 is 22.9 Å². The molecule has 0 atom stereocenters. The molecule has 9 heteroatoms. The van der Waals surface area contributed by atoms with Gasteiger partial charge in [0.2, 0.25) is 0 Å². The topological polar surface area (TPSA) is 97.2 Å². The van der Waals surface area contributed by atoms with Crippen molar-refractivity contribution in [1.82, 2.24) is 10.3 Å². The number of para-hydroxylation sites is 1. The molecule has 1 aromatic heterocycles. The number of fused-ring (bicyclic) bond motifs is 1. The van der Waals surface area contributed by atoms with Crippen LogP contribution in [0.25, 0.3) is 10.2 Å². The third-order valence-electron chi connectivity index (χ3n) is 3.61. The van der Waals surface area contributed by atoms with Gasteiger partial charge in [-0.15, -0.1) is 0 Å². The van der Waals surface area contributed by atoms with Gasteiger partial charge in [-0.05, 0) is 24.6 Å². The molecule has 0 aliphatic rings. The highest BCUT2D eigenvalue weighted by Crippen LogP contribution is 2.25. The van der Waals surface area contributed by atoms with Gasteiger partial charge >= 0.3 is 0 Å². The second kappa shape index (κ2) is 8.11. The molecule has 0 spiro atoms. The molecule has 0 aliphatic carbocycles. The van der Waals surface area contributed by atoms with Crippen molar-refractivity contribution in [3.8, 4) is 0 Å². The Labute approximate surface area is 158 Å². The van der Waals surface area contributed by atoms with Crippen LogP contribution in [0.5, 0.6) is 0 Å². The molecule has 7 nitrogen and oxygen atoms in total. The number of rotatable bonds is 7. The third-order valence-corrected chi connectivity index (χ3v) is 4.94. The van der Waals surface area contributed by atoms with Gasteiger partial charge in [0.15, 0.2) is 5.13 Å². The first kappa shape index (κ1) is 18.1. The third kappa shape index (κ3) is 4.27. The maximum atomic E-state index is 12.1. The standard InChI is InChI=1S/C17H15ClN4O3S/c18-13-7-6-11(22(24)25)10-12(13)16(23)19-8-3-9-20-17-21-14-4-1-2-5-15(14)26-17/h1-2,4-7,10H,3,8-9H2,(H,19,23)(H,20,21). The highest BCUT2D eigenvalue weighted by molar-refractivity contribution is 7.22. The average Bonchev–Trinajstić information content (AvgIpc) is 3.04. The molecular formula is C17H15ClN4O3S. The Hall–Kier alpha value is -2.71. The fourth-order valence-corrected chi connectivity index (χ4v) is 3.42. The van der Waals surface area contributed by atoms with Crippen LogP contribution in [0.2, 0.25) is 5.02 Å². The number of benzene rings is 2. The minimum Gasteiger partial charge on any atom is -0.361 e. The molecule has 0 aliphatic heterocycles. The lowest BCUT2D eigenvalue weighted by Crippen LogP contribution is -2.26. The predicted molar refractivity (Wildman–Crippen MR) is 103 cm³/mol. The summed E-state index contributed by atoms with van der Waals surface area (Å²) in [4.78, 5) is 26.9. The molecular weight excluding hydrogens is 376 g/mol. The van der Waals surface area contributed by atoms with E-state index in [4.69, 9.17) is 11.6 Å². The van der Waals surface area contributed by atoms with Crippen LogP contribution in [0.4, 0.5) is 10.8 Å². The number of nitrogens with zero attached hydrogens (tertiary/aromatic N) is 2. The van der Waals surface area contributed by atoms with E-state index in [1.807, 2.05) is 24.3 Å². The summed E-state index contributed by atoms with van der Waals surface area (Å²) in [5.74, 6) is -0.432. The first-order valence-corrected chi connectivity index (χ1v) is 9.05. The lowest BCUT2D eigenvalue weighted by atomic mass is 10.2. The Bertz CT molecular complexity index is 927. The van der Waals surface area contributed by atoms with Crippen molar-refractivity contribution < 1.29 is 9.72 Å². The summed E-state index contributed by atoms with van der Waals surface area (Å²) >= 11 is 7.53. The number of anilines is 1. The summed E-state index contributed by atoms with van der Waals surface area (Å²) in [6, 6.07) is 11.7. The number of carbonyl (C=O) groups is 1. The lowest BCUT2D eigenvalue weighted by Gasteiger charge is -2.07. The van der Waals surface area contributed by atoms with Crippen molar-refractivity contribution in [2.75, 3.05) is 18.4 Å². The minimum atomic E-state index is -0.560. The molecule has 1 heterocycles. The highest BCUT2D eigenvalue weighted by Gasteiger charge is 2.15. The molecule has 2 N–H and O–H groups in total. The van der Waals surface area contributed by atoms with E-state index in [1.54, 1.807) is 11.3 Å². The number of halogens is 1. The number of nitrogens with one attached hydrogen (secondary N) is 2. The average molecular weight is 391 g/mol. The smallest absolute Gasteiger partial charge is 0.270 e. The Balaban J connectivity index is 1.48. The first-order chi connectivity index (χ1) is 12.5. The van der Waals surface area contributed by atoms with Crippen LogP contribution in [-0.2, 0) is 0 Å². The number of thiazole rings is 1. The fourth-order valence-electron chi connectivity index (χ4n) is 2.33. The van der Waals surface area contributed by atoms with Gasteiger partial charge in [0.1, 0.15) is 0 Å². The molecule has 2 aromatic carbocycles. The van der Waals surface area contributed by atoms with Gasteiger partial charge in [-0.25, -0.2) is 4.98 Å². The number of carbonyl (C=O) groups excluding carboxylic acids is 1. The highest BCUT2D eigenvalue weighted by atomic mass is 35.5. The molecule has 3 rings (SSSR count). The van der Waals surface area contributed by atoms with E-state index < -0.39 is 10.8 Å². The number of amides is 1. The largest absolute Gasteiger partial charge is 0.361 e. The van der Waals surface area contributed by atoms with E-state index in [0.29, 0.717) is 19.5 Å². The molecule has 134 valence electrons. The van der Waals surface area contributed by atoms with Gasteiger partial charge in [0, 0.05) is 25.2 Å². The van der Waals surface area contributed by atoms with Gasteiger partial charge < -0.3 is 10.6 Å². The molecule has 0 radical (unpaired) electrons. The monoisotopic (exact) mass is 390 g/mol. The Morgan fingerprint density at radius 3 is 2.81 bits per heavy atom. The molecule has 0 saturated carbocycles. The normalized spacial score (nSPS) is 10.7. The van der Waals surface area contributed by atoms with E-state index >= 15 is 0 Å². The second-order valence-electron chi connectivity index (χ2n) is 5.44. The van der Waals surface area contributed by atoms with Crippen molar-refractivity contribution in [3.05, 3.63) is 63.2 Å². The summed E-state index contributed by atoms with van der Waals surface area (Å²) in [5.41, 5.74) is 0.880. The van der Waals surface area contributed by atoms with Crippen molar-refractivity contribution >= 4 is 49.9 Å². The van der Waals surface area contributed by atoms with E-state index in [-0.39, 0.29) is 16.3 Å². The van der Waals surface area contributed by atoms with Crippen molar-refractivity contribution in [1.29, 1.82) is 0 Å².